The molecule has 0 radical (unpaired) electrons. The molecule has 8 heteroatoms. The van der Waals surface area contributed by atoms with Crippen molar-refractivity contribution in [3.05, 3.63) is 72.3 Å². The highest BCUT2D eigenvalue weighted by Gasteiger charge is 2.34. The number of anilines is 1. The smallest absolute Gasteiger partial charge is 0.161 e. The van der Waals surface area contributed by atoms with Gasteiger partial charge in [0.15, 0.2) is 5.82 Å². The van der Waals surface area contributed by atoms with E-state index < -0.39 is 0 Å². The van der Waals surface area contributed by atoms with Gasteiger partial charge in [0.05, 0.1) is 41.4 Å². The van der Waals surface area contributed by atoms with E-state index in [-0.39, 0.29) is 17.9 Å². The summed E-state index contributed by atoms with van der Waals surface area (Å²) < 4.78 is 4.33. The molecule has 0 saturated carbocycles. The van der Waals surface area contributed by atoms with Crippen LogP contribution in [0.4, 0.5) is 5.82 Å². The number of rotatable bonds is 4. The summed E-state index contributed by atoms with van der Waals surface area (Å²) in [6.45, 7) is 5.16. The molecular weight excluding hydrogens is 462 g/mol. The summed E-state index contributed by atoms with van der Waals surface area (Å²) in [5.74, 6) is 2.18. The Morgan fingerprint density at radius 1 is 1.11 bits per heavy atom. The average Bonchev–Trinajstić information content (AvgIpc) is 3.51. The van der Waals surface area contributed by atoms with Gasteiger partial charge in [0.25, 0.3) is 0 Å². The third-order valence-electron chi connectivity index (χ3n) is 7.58. The number of aliphatic hydroxyl groups is 1. The first-order valence-corrected chi connectivity index (χ1v) is 12.7. The molecule has 0 amide bonds. The highest BCUT2D eigenvalue weighted by atomic mass is 16.3. The summed E-state index contributed by atoms with van der Waals surface area (Å²) in [6, 6.07) is 16.3. The number of nitrogens with zero attached hydrogens (tertiary/aromatic N) is 7. The number of aromatic nitrogens is 4. The van der Waals surface area contributed by atoms with Crippen LogP contribution in [0.25, 0.3) is 28.3 Å². The second-order valence-electron chi connectivity index (χ2n) is 10.6. The van der Waals surface area contributed by atoms with E-state index >= 15 is 0 Å². The number of benzene rings is 1. The first-order valence-electron chi connectivity index (χ1n) is 12.7. The molecule has 0 spiro atoms. The number of hydrogen-bond donors (Lipinski definition) is 1. The Morgan fingerprint density at radius 2 is 1.92 bits per heavy atom. The van der Waals surface area contributed by atoms with Crippen molar-refractivity contribution >= 4 is 5.82 Å². The lowest BCUT2D eigenvalue weighted by atomic mass is 9.86. The molecule has 0 aliphatic carbocycles. The normalized spacial score (nSPS) is 20.6. The molecule has 1 fully saturated rings. The maximum Gasteiger partial charge on any atom is 0.161 e. The molecule has 188 valence electrons. The molecule has 3 atom stereocenters. The molecule has 2 aliphatic rings. The van der Waals surface area contributed by atoms with Crippen LogP contribution in [-0.4, -0.2) is 68.9 Å². The highest BCUT2D eigenvalue weighted by Crippen LogP contribution is 2.35. The van der Waals surface area contributed by atoms with Crippen molar-refractivity contribution in [2.75, 3.05) is 38.6 Å². The second-order valence-corrected chi connectivity index (χ2v) is 10.6. The van der Waals surface area contributed by atoms with Gasteiger partial charge in [-0.15, -0.1) is 0 Å². The van der Waals surface area contributed by atoms with Crippen LogP contribution in [-0.2, 0) is 6.54 Å². The van der Waals surface area contributed by atoms with Crippen LogP contribution < -0.4 is 4.90 Å². The molecule has 1 saturated heterocycles. The Hall–Kier alpha value is -3.93. The van der Waals surface area contributed by atoms with Crippen LogP contribution in [0.3, 0.4) is 0 Å². The number of imidazole rings is 1. The third kappa shape index (κ3) is 4.20. The van der Waals surface area contributed by atoms with Crippen LogP contribution in [0.2, 0.25) is 0 Å². The van der Waals surface area contributed by atoms with Gasteiger partial charge in [0, 0.05) is 49.7 Å². The van der Waals surface area contributed by atoms with Crippen LogP contribution >= 0.6 is 0 Å². The number of pyridine rings is 1. The van der Waals surface area contributed by atoms with Crippen molar-refractivity contribution in [2.45, 2.75) is 19.6 Å². The van der Waals surface area contributed by atoms with E-state index in [1.807, 2.05) is 36.7 Å². The van der Waals surface area contributed by atoms with Gasteiger partial charge in [-0.05, 0) is 55.9 Å². The fraction of sp³-hybridized carbons (Fsp3) is 0.345. The Morgan fingerprint density at radius 3 is 2.68 bits per heavy atom. The summed E-state index contributed by atoms with van der Waals surface area (Å²) in [5.41, 5.74) is 5.85. The van der Waals surface area contributed by atoms with E-state index in [2.05, 4.69) is 75.4 Å². The molecule has 2 aliphatic heterocycles. The van der Waals surface area contributed by atoms with Gasteiger partial charge < -0.3 is 19.5 Å². The monoisotopic (exact) mass is 493 g/mol. The molecule has 6 rings (SSSR count). The molecule has 1 aromatic carbocycles. The van der Waals surface area contributed by atoms with E-state index in [9.17, 15) is 5.11 Å². The minimum Gasteiger partial charge on any atom is -0.392 e. The molecule has 5 heterocycles. The second kappa shape index (κ2) is 9.18. The van der Waals surface area contributed by atoms with Crippen molar-refractivity contribution < 1.29 is 5.11 Å². The van der Waals surface area contributed by atoms with Gasteiger partial charge >= 0.3 is 0 Å². The number of piperidine rings is 1. The average molecular weight is 494 g/mol. The van der Waals surface area contributed by atoms with Crippen molar-refractivity contribution in [1.29, 1.82) is 5.26 Å². The third-order valence-corrected chi connectivity index (χ3v) is 7.58. The molecular formula is C29H31N7O. The first-order chi connectivity index (χ1) is 17.9. The molecule has 3 aromatic heterocycles. The summed E-state index contributed by atoms with van der Waals surface area (Å²) in [5, 5.41) is 19.9. The lowest BCUT2D eigenvalue weighted by Gasteiger charge is -2.42. The predicted octanol–water partition coefficient (Wildman–Crippen LogP) is 3.63. The van der Waals surface area contributed by atoms with E-state index in [4.69, 9.17) is 10.2 Å². The fourth-order valence-corrected chi connectivity index (χ4v) is 5.77. The fourth-order valence-electron chi connectivity index (χ4n) is 5.77. The van der Waals surface area contributed by atoms with Crippen LogP contribution in [0.1, 0.15) is 18.2 Å². The number of hydrogen-bond acceptors (Lipinski definition) is 6. The number of aliphatic hydroxyl groups excluding tert-OH is 1. The molecule has 4 aromatic rings. The maximum absolute atomic E-state index is 10.8. The minimum absolute atomic E-state index is 0.172. The van der Waals surface area contributed by atoms with Gasteiger partial charge in [-0.1, -0.05) is 19.1 Å². The van der Waals surface area contributed by atoms with Gasteiger partial charge in [0.2, 0.25) is 0 Å². The Balaban J connectivity index is 1.37. The Kier molecular flexibility index (Phi) is 5.82. The largest absolute Gasteiger partial charge is 0.392 e. The van der Waals surface area contributed by atoms with Crippen molar-refractivity contribution in [2.24, 2.45) is 11.8 Å². The first kappa shape index (κ1) is 23.5. The van der Waals surface area contributed by atoms with Crippen LogP contribution in [0.5, 0.6) is 0 Å². The maximum atomic E-state index is 10.8. The zero-order chi connectivity index (χ0) is 25.7. The van der Waals surface area contributed by atoms with Crippen molar-refractivity contribution in [1.82, 2.24) is 24.0 Å². The van der Waals surface area contributed by atoms with Gasteiger partial charge in [0.1, 0.15) is 5.82 Å². The molecule has 8 nitrogen and oxygen atoms in total. The minimum atomic E-state index is -0.309. The van der Waals surface area contributed by atoms with Gasteiger partial charge in [-0.3, -0.25) is 4.57 Å². The van der Waals surface area contributed by atoms with E-state index in [1.54, 1.807) is 0 Å². The standard InChI is InChI=1S/C29H31N7O/c1-19-14-35(17-23(28(19)37)15-33(2)3)27-9-8-25-24(32-27)18-34-16-22(21-6-4-20(13-30)5-7-21)12-26(34)29-31-10-11-36(25)29/h4-12,16,19,23,28,37H,14-15,17-18H2,1-3H3/t19?,23?,28-/m1/s1. The lowest BCUT2D eigenvalue weighted by molar-refractivity contribution is 0.0334. The number of nitriles is 1. The van der Waals surface area contributed by atoms with Crippen LogP contribution in [0, 0.1) is 23.2 Å². The summed E-state index contributed by atoms with van der Waals surface area (Å²) in [7, 11) is 4.11. The summed E-state index contributed by atoms with van der Waals surface area (Å²) in [4.78, 5) is 14.3. The van der Waals surface area contributed by atoms with Crippen molar-refractivity contribution in [3.63, 3.8) is 0 Å². The molecule has 1 N–H and O–H groups in total. The van der Waals surface area contributed by atoms with Crippen LogP contribution in [0.15, 0.2) is 61.1 Å². The zero-order valence-corrected chi connectivity index (χ0v) is 21.4. The predicted molar refractivity (Wildman–Crippen MR) is 143 cm³/mol. The van der Waals surface area contributed by atoms with E-state index in [0.29, 0.717) is 12.1 Å². The topological polar surface area (TPSA) is 86.1 Å². The van der Waals surface area contributed by atoms with Gasteiger partial charge in [-0.25, -0.2) is 9.97 Å². The van der Waals surface area contributed by atoms with Crippen molar-refractivity contribution in [3.8, 4) is 34.4 Å². The van der Waals surface area contributed by atoms with Gasteiger partial charge in [-0.2, -0.15) is 5.26 Å². The zero-order valence-electron chi connectivity index (χ0n) is 21.4. The molecule has 2 unspecified atom stereocenters. The molecule has 37 heavy (non-hydrogen) atoms. The lowest BCUT2D eigenvalue weighted by Crippen LogP contribution is -2.51. The summed E-state index contributed by atoms with van der Waals surface area (Å²) >= 11 is 0. The number of fused-ring (bicyclic) bond motifs is 5. The Labute approximate surface area is 217 Å². The quantitative estimate of drug-likeness (QED) is 0.412. The molecule has 0 bridgehead atoms. The highest BCUT2D eigenvalue weighted by molar-refractivity contribution is 5.72. The SMILES string of the molecule is CC1CN(c2ccc3c(n2)Cn2cc(-c4ccc(C#N)cc4)cc2-c2nccn2-3)CC(CN(C)C)[C@@H]1O. The van der Waals surface area contributed by atoms with E-state index in [0.717, 1.165) is 59.5 Å². The Bertz CT molecular complexity index is 1480. The summed E-state index contributed by atoms with van der Waals surface area (Å²) in [6.07, 6.45) is 5.66. The van der Waals surface area contributed by atoms with E-state index in [1.165, 1.54) is 0 Å².